The fourth-order valence-corrected chi connectivity index (χ4v) is 10.9. The van der Waals surface area contributed by atoms with Gasteiger partial charge in [-0.1, -0.05) is 77.6 Å². The van der Waals surface area contributed by atoms with Crippen molar-refractivity contribution in [1.82, 2.24) is 10.6 Å². The molecule has 0 saturated carbocycles. The number of amides is 2. The quantitative estimate of drug-likeness (QED) is 0.0203. The second-order valence-electron chi connectivity index (χ2n) is 22.3. The molecule has 86 heavy (non-hydrogen) atoms. The van der Waals surface area contributed by atoms with Crippen LogP contribution in [0, 0.1) is 0 Å². The molecule has 4 saturated heterocycles. The first-order chi connectivity index (χ1) is 40.7. The van der Waals surface area contributed by atoms with E-state index in [9.17, 15) is 101 Å². The van der Waals surface area contributed by atoms with Gasteiger partial charge in [-0.3, -0.25) is 9.59 Å². The van der Waals surface area contributed by atoms with E-state index in [0.717, 1.165) is 46.8 Å². The molecule has 0 bridgehead atoms. The normalized spacial score (nSPS) is 35.8. The Morgan fingerprint density at radius 1 is 0.651 bits per heavy atom. The zero-order valence-electron chi connectivity index (χ0n) is 48.9. The van der Waals surface area contributed by atoms with E-state index >= 15 is 0 Å². The van der Waals surface area contributed by atoms with Gasteiger partial charge in [-0.25, -0.2) is 9.59 Å². The molecule has 4 heterocycles. The standard InChI is InChI=1S/C53H95N3O30/c1-5-6-7-8-9-10-11-12-13-14-15-16-27(62)37(67)26(54)23-79-48-42(72)41(71)44(33(22-60)82-48)83-49-43(73)47(40(70)32(21-59)81-49)86-52(50(74)75)17-28(63)36(45(84-52)38(68)30(65)19-57)56-34(66)24-80-53(51(76)78-4)18-29(64)35(55-25(2)61)46(85-53)39(69)31(20-58)77-3/h26-33,35-49,57-60,62-65,67-73H,5-24,54H2,1-4H3,(H,55,61)(H,56,66)(H,74,75)/t26-,27+,28-,29-,30+,31+,32+,33+,35+,36+,37-,38+,39+,40-,41+,42+,43+,44+,45+,46+,47-,48+,49-,52-,53+/m0/s1. The second-order valence-corrected chi connectivity index (χ2v) is 22.3. The van der Waals surface area contributed by atoms with Crippen LogP contribution < -0.4 is 16.4 Å². The van der Waals surface area contributed by atoms with E-state index in [-0.39, 0.29) is 6.42 Å². The Labute approximate surface area is 497 Å². The molecule has 20 N–H and O–H groups in total. The number of nitrogens with two attached hydrogens (primary N) is 1. The molecular weight excluding hydrogens is 1160 g/mol. The van der Waals surface area contributed by atoms with E-state index < -0.39 is 228 Å². The van der Waals surface area contributed by atoms with E-state index in [1.807, 2.05) is 0 Å². The fraction of sp³-hybridized carbons (Fsp3) is 0.925. The van der Waals surface area contributed by atoms with Crippen LogP contribution in [0.15, 0.2) is 0 Å². The Balaban J connectivity index is 1.47. The van der Waals surface area contributed by atoms with Gasteiger partial charge in [0.15, 0.2) is 12.6 Å². The summed E-state index contributed by atoms with van der Waals surface area (Å²) in [5.41, 5.74) is 6.12. The van der Waals surface area contributed by atoms with Crippen molar-refractivity contribution in [2.75, 3.05) is 53.9 Å². The summed E-state index contributed by atoms with van der Waals surface area (Å²) in [5, 5.41) is 178. The minimum absolute atomic E-state index is 0.245. The minimum Gasteiger partial charge on any atom is -0.477 e. The smallest absolute Gasteiger partial charge is 0.366 e. The fourth-order valence-electron chi connectivity index (χ4n) is 10.9. The summed E-state index contributed by atoms with van der Waals surface area (Å²) in [5.74, 6) is -11.7. The molecule has 2 amide bonds. The first-order valence-corrected chi connectivity index (χ1v) is 29.1. The molecule has 0 radical (unpaired) electrons. The average Bonchev–Trinajstić information content (AvgIpc) is 3.14. The van der Waals surface area contributed by atoms with Crippen LogP contribution in [0.25, 0.3) is 0 Å². The number of aliphatic hydroxyl groups excluding tert-OH is 15. The van der Waals surface area contributed by atoms with E-state index in [0.29, 0.717) is 6.42 Å². The molecular formula is C53H95N3O30. The molecule has 0 aromatic rings. The number of hydrogen-bond acceptors (Lipinski definition) is 30. The minimum atomic E-state index is -3.33. The average molecular weight is 1250 g/mol. The van der Waals surface area contributed by atoms with Gasteiger partial charge in [-0.2, -0.15) is 0 Å². The number of aliphatic hydroxyl groups is 15. The van der Waals surface area contributed by atoms with Crippen LogP contribution in [0.3, 0.4) is 0 Å². The maximum absolute atomic E-state index is 13.8. The zero-order valence-corrected chi connectivity index (χ0v) is 48.9. The predicted octanol–water partition coefficient (Wildman–Crippen LogP) is -7.56. The number of carbonyl (C=O) groups is 4. The summed E-state index contributed by atoms with van der Waals surface area (Å²) >= 11 is 0. The summed E-state index contributed by atoms with van der Waals surface area (Å²) in [4.78, 5) is 52.5. The Hall–Kier alpha value is -3.12. The van der Waals surface area contributed by atoms with Crippen molar-refractivity contribution in [2.24, 2.45) is 5.73 Å². The van der Waals surface area contributed by atoms with Gasteiger partial charge >= 0.3 is 11.9 Å². The van der Waals surface area contributed by atoms with Gasteiger partial charge < -0.3 is 145 Å². The Morgan fingerprint density at radius 3 is 1.73 bits per heavy atom. The van der Waals surface area contributed by atoms with Crippen molar-refractivity contribution >= 4 is 23.8 Å². The van der Waals surface area contributed by atoms with Crippen molar-refractivity contribution in [2.45, 2.75) is 256 Å². The number of aliphatic carboxylic acids is 1. The highest BCUT2D eigenvalue weighted by Crippen LogP contribution is 2.40. The van der Waals surface area contributed by atoms with E-state index in [1.54, 1.807) is 0 Å². The topological polar surface area (TPSA) is 534 Å². The van der Waals surface area contributed by atoms with Crippen molar-refractivity contribution in [3.63, 3.8) is 0 Å². The van der Waals surface area contributed by atoms with Gasteiger partial charge in [0.1, 0.15) is 92.1 Å². The maximum atomic E-state index is 13.8. The first-order valence-electron chi connectivity index (χ1n) is 29.1. The zero-order chi connectivity index (χ0) is 64.2. The van der Waals surface area contributed by atoms with Gasteiger partial charge in [0.25, 0.3) is 11.6 Å². The third-order valence-electron chi connectivity index (χ3n) is 15.9. The van der Waals surface area contributed by atoms with Crippen molar-refractivity contribution in [3.05, 3.63) is 0 Å². The number of carboxylic acid groups (broad SMARTS) is 1. The van der Waals surface area contributed by atoms with Crippen LogP contribution in [0.4, 0.5) is 0 Å². The van der Waals surface area contributed by atoms with Gasteiger partial charge in [-0.15, -0.1) is 0 Å². The molecule has 0 aromatic carbocycles. The van der Waals surface area contributed by atoms with Crippen LogP contribution in [0.5, 0.6) is 0 Å². The lowest BCUT2D eigenvalue weighted by Gasteiger charge is -2.50. The SMILES string of the molecule is CCCCCCCCCCCCC[C@@H](O)[C@@H](O)[C@@H](N)CO[C@@H]1O[C@H](CO)[C@@H](O[C@@H]2O[C@H](CO)[C@H](O)[C@H](O[C@]3(C(=O)O)C[C@H](O)[C@@H](NC(=O)CO[C@]4(C(=O)OC)C[C@H](O)[C@@H](NC(C)=O)[C@H]([C@H](O)[C@@H](CO)OC)O4)[C@H]([C@H](O)[C@H](O)CO)O3)[C@H]2O)[C@H](O)[C@H]1O. The second kappa shape index (κ2) is 36.1. The molecule has 4 fully saturated rings. The van der Waals surface area contributed by atoms with Crippen LogP contribution in [-0.2, 0) is 66.5 Å². The van der Waals surface area contributed by atoms with Gasteiger partial charge in [-0.05, 0) is 6.42 Å². The number of methoxy groups -OCH3 is 2. The third kappa shape index (κ3) is 19.7. The molecule has 4 aliphatic heterocycles. The monoisotopic (exact) mass is 1250 g/mol. The third-order valence-corrected chi connectivity index (χ3v) is 15.9. The number of carboxylic acids is 1. The van der Waals surface area contributed by atoms with Gasteiger partial charge in [0.2, 0.25) is 11.8 Å². The lowest BCUT2D eigenvalue weighted by molar-refractivity contribution is -0.386. The number of ether oxygens (including phenoxy) is 10. The number of esters is 1. The summed E-state index contributed by atoms with van der Waals surface area (Å²) in [6.45, 7) is -2.78. The van der Waals surface area contributed by atoms with E-state index in [1.165, 1.54) is 38.5 Å². The largest absolute Gasteiger partial charge is 0.477 e. The summed E-state index contributed by atoms with van der Waals surface area (Å²) in [6, 6.07) is -4.74. The van der Waals surface area contributed by atoms with Gasteiger partial charge in [0, 0.05) is 26.9 Å². The molecule has 4 aliphatic rings. The first kappa shape index (κ1) is 75.3. The lowest BCUT2D eigenvalue weighted by atomic mass is 9.88. The highest BCUT2D eigenvalue weighted by Gasteiger charge is 2.61. The van der Waals surface area contributed by atoms with Crippen molar-refractivity contribution < 1.29 is 148 Å². The van der Waals surface area contributed by atoms with Crippen LogP contribution >= 0.6 is 0 Å². The predicted molar refractivity (Wildman–Crippen MR) is 287 cm³/mol. The molecule has 0 aliphatic carbocycles. The molecule has 4 rings (SSSR count). The number of nitrogens with one attached hydrogen (secondary N) is 2. The molecule has 502 valence electrons. The van der Waals surface area contributed by atoms with Crippen molar-refractivity contribution in [3.8, 4) is 0 Å². The Kier molecular flexibility index (Phi) is 31.6. The number of carbonyl (C=O) groups excluding carboxylic acids is 3. The Morgan fingerprint density at radius 2 is 1.20 bits per heavy atom. The van der Waals surface area contributed by atoms with Crippen LogP contribution in [0.2, 0.25) is 0 Å². The lowest BCUT2D eigenvalue weighted by Crippen LogP contribution is -2.71. The molecule has 33 heteroatoms. The maximum Gasteiger partial charge on any atom is 0.366 e. The van der Waals surface area contributed by atoms with E-state index in [2.05, 4.69) is 17.6 Å². The highest BCUT2D eigenvalue weighted by molar-refractivity contribution is 5.81. The van der Waals surface area contributed by atoms with Crippen molar-refractivity contribution in [1.29, 1.82) is 0 Å². The molecule has 33 nitrogen and oxygen atoms in total. The number of rotatable bonds is 37. The van der Waals surface area contributed by atoms with Crippen LogP contribution in [-0.4, -0.2) is 311 Å². The number of unbranched alkanes of at least 4 members (excludes halogenated alkanes) is 10. The van der Waals surface area contributed by atoms with Gasteiger partial charge in [0.05, 0.1) is 82.7 Å². The van der Waals surface area contributed by atoms with E-state index in [4.69, 9.17) is 53.1 Å². The van der Waals surface area contributed by atoms with Crippen LogP contribution in [0.1, 0.15) is 104 Å². The molecule has 0 spiro atoms. The molecule has 0 unspecified atom stereocenters. The number of hydrogen-bond donors (Lipinski definition) is 19. The summed E-state index contributed by atoms with van der Waals surface area (Å²) in [6.07, 6.45) is -29.3. The molecule has 0 aromatic heterocycles. The molecule has 25 atom stereocenters. The highest BCUT2D eigenvalue weighted by atomic mass is 16.8. The summed E-state index contributed by atoms with van der Waals surface area (Å²) in [7, 11) is 1.96. The summed E-state index contributed by atoms with van der Waals surface area (Å²) < 4.78 is 55.4. The Bertz CT molecular complexity index is 2020.